The molecule has 14 heavy (non-hydrogen) atoms. The highest BCUT2D eigenvalue weighted by Crippen LogP contribution is 2.12. The van der Waals surface area contributed by atoms with E-state index in [1.807, 2.05) is 13.8 Å². The van der Waals surface area contributed by atoms with Crippen molar-refractivity contribution in [1.82, 2.24) is 15.1 Å². The van der Waals surface area contributed by atoms with Crippen molar-refractivity contribution >= 4 is 11.6 Å². The molecule has 0 amide bonds. The van der Waals surface area contributed by atoms with E-state index < -0.39 is 0 Å². The number of hydrogen-bond acceptors (Lipinski definition) is 3. The summed E-state index contributed by atoms with van der Waals surface area (Å²) in [6, 6.07) is 0.0374. The van der Waals surface area contributed by atoms with Crippen molar-refractivity contribution in [1.29, 1.82) is 0 Å². The van der Waals surface area contributed by atoms with Crippen molar-refractivity contribution in [3.63, 3.8) is 0 Å². The van der Waals surface area contributed by atoms with Gasteiger partial charge in [0.25, 0.3) is 0 Å². The maximum atomic E-state index is 9.06. The first-order chi connectivity index (χ1) is 6.67. The van der Waals surface area contributed by atoms with Gasteiger partial charge in [0, 0.05) is 12.2 Å². The van der Waals surface area contributed by atoms with E-state index in [0.717, 1.165) is 12.2 Å². The van der Waals surface area contributed by atoms with E-state index in [2.05, 4.69) is 10.4 Å². The first-order valence-corrected chi connectivity index (χ1v) is 5.09. The molecule has 0 bridgehead atoms. The largest absolute Gasteiger partial charge is 0.395 e. The molecule has 2 N–H and O–H groups in total. The molecule has 1 aromatic rings. The Morgan fingerprint density at radius 2 is 2.43 bits per heavy atom. The summed E-state index contributed by atoms with van der Waals surface area (Å²) in [6.07, 6.45) is 1.77. The van der Waals surface area contributed by atoms with Gasteiger partial charge in [-0.2, -0.15) is 5.10 Å². The van der Waals surface area contributed by atoms with E-state index in [1.165, 1.54) is 0 Å². The number of aromatic nitrogens is 2. The van der Waals surface area contributed by atoms with Crippen LogP contribution in [0, 0.1) is 6.92 Å². The summed E-state index contributed by atoms with van der Waals surface area (Å²) in [7, 11) is 0. The number of aliphatic hydroxyl groups is 1. The number of likely N-dealkylation sites (N-methyl/N-ethyl adjacent to an activating group) is 1. The highest BCUT2D eigenvalue weighted by molar-refractivity contribution is 6.31. The van der Waals surface area contributed by atoms with E-state index in [4.69, 9.17) is 16.7 Å². The summed E-state index contributed by atoms with van der Waals surface area (Å²) in [5, 5.41) is 17.1. The lowest BCUT2D eigenvalue weighted by Gasteiger charge is -2.14. The van der Waals surface area contributed by atoms with Crippen LogP contribution in [0.3, 0.4) is 0 Å². The molecule has 1 heterocycles. The second kappa shape index (κ2) is 5.34. The lowest BCUT2D eigenvalue weighted by atomic mass is 10.3. The molecule has 0 radical (unpaired) electrons. The van der Waals surface area contributed by atoms with Crippen molar-refractivity contribution in [3.8, 4) is 0 Å². The Morgan fingerprint density at radius 1 is 1.71 bits per heavy atom. The van der Waals surface area contributed by atoms with Gasteiger partial charge in [-0.3, -0.25) is 4.68 Å². The Hall–Kier alpha value is -0.580. The van der Waals surface area contributed by atoms with Gasteiger partial charge in [0.05, 0.1) is 23.9 Å². The van der Waals surface area contributed by atoms with E-state index in [9.17, 15) is 0 Å². The summed E-state index contributed by atoms with van der Waals surface area (Å²) in [4.78, 5) is 0. The summed E-state index contributed by atoms with van der Waals surface area (Å²) in [5.41, 5.74) is 0.819. The van der Waals surface area contributed by atoms with Crippen LogP contribution >= 0.6 is 11.6 Å². The van der Waals surface area contributed by atoms with Gasteiger partial charge in [-0.05, 0) is 13.5 Å². The Labute approximate surface area is 88.9 Å². The minimum absolute atomic E-state index is 0.0374. The summed E-state index contributed by atoms with van der Waals surface area (Å²) in [5.74, 6) is 0. The molecule has 4 nitrogen and oxygen atoms in total. The van der Waals surface area contributed by atoms with Crippen molar-refractivity contribution in [2.24, 2.45) is 0 Å². The molecule has 0 aliphatic rings. The lowest BCUT2D eigenvalue weighted by Crippen LogP contribution is -2.36. The van der Waals surface area contributed by atoms with Crippen molar-refractivity contribution < 1.29 is 5.11 Å². The normalized spacial score (nSPS) is 13.1. The Bertz CT molecular complexity index is 268. The number of aliphatic hydroxyl groups excluding tert-OH is 1. The van der Waals surface area contributed by atoms with Gasteiger partial charge < -0.3 is 10.4 Å². The Morgan fingerprint density at radius 3 is 2.86 bits per heavy atom. The lowest BCUT2D eigenvalue weighted by molar-refractivity contribution is 0.227. The van der Waals surface area contributed by atoms with Crippen molar-refractivity contribution in [2.45, 2.75) is 26.4 Å². The average molecular weight is 218 g/mol. The number of rotatable bonds is 5. The molecule has 1 rings (SSSR count). The summed E-state index contributed by atoms with van der Waals surface area (Å²) in [6.45, 7) is 5.44. The third-order valence-electron chi connectivity index (χ3n) is 2.01. The van der Waals surface area contributed by atoms with Gasteiger partial charge in [0.2, 0.25) is 0 Å². The molecule has 0 saturated heterocycles. The monoisotopic (exact) mass is 217 g/mol. The van der Waals surface area contributed by atoms with Crippen LogP contribution < -0.4 is 5.32 Å². The van der Waals surface area contributed by atoms with Crippen LogP contribution in [-0.4, -0.2) is 34.1 Å². The zero-order valence-corrected chi connectivity index (χ0v) is 9.25. The van der Waals surface area contributed by atoms with Crippen molar-refractivity contribution in [3.05, 3.63) is 16.9 Å². The topological polar surface area (TPSA) is 50.1 Å². The molecule has 0 fully saturated rings. The van der Waals surface area contributed by atoms with Crippen LogP contribution in [0.2, 0.25) is 5.02 Å². The average Bonchev–Trinajstić information content (AvgIpc) is 2.45. The van der Waals surface area contributed by atoms with E-state index in [1.54, 1.807) is 10.9 Å². The number of aryl methyl sites for hydroxylation is 1. The highest BCUT2D eigenvalue weighted by atomic mass is 35.5. The highest BCUT2D eigenvalue weighted by Gasteiger charge is 2.08. The van der Waals surface area contributed by atoms with Crippen molar-refractivity contribution in [2.75, 3.05) is 13.2 Å². The first-order valence-electron chi connectivity index (χ1n) is 4.71. The molecular formula is C9H16ClN3O. The van der Waals surface area contributed by atoms with Gasteiger partial charge in [0.15, 0.2) is 0 Å². The van der Waals surface area contributed by atoms with E-state index >= 15 is 0 Å². The molecule has 80 valence electrons. The minimum atomic E-state index is 0.0374. The molecule has 1 atom stereocenters. The third kappa shape index (κ3) is 2.97. The molecule has 0 aliphatic heterocycles. The molecular weight excluding hydrogens is 202 g/mol. The predicted molar refractivity (Wildman–Crippen MR) is 56.5 cm³/mol. The fourth-order valence-corrected chi connectivity index (χ4v) is 1.44. The predicted octanol–water partition coefficient (Wildman–Crippen LogP) is 0.815. The maximum Gasteiger partial charge on any atom is 0.0814 e. The van der Waals surface area contributed by atoms with Gasteiger partial charge >= 0.3 is 0 Å². The quantitative estimate of drug-likeness (QED) is 0.768. The zero-order valence-electron chi connectivity index (χ0n) is 8.50. The van der Waals surface area contributed by atoms with Gasteiger partial charge in [-0.25, -0.2) is 0 Å². The molecule has 0 saturated carbocycles. The van der Waals surface area contributed by atoms with Gasteiger partial charge in [-0.15, -0.1) is 0 Å². The number of nitrogens with one attached hydrogen (secondary N) is 1. The second-order valence-electron chi connectivity index (χ2n) is 3.22. The SMILES string of the molecule is CCNC(CO)Cn1cc(Cl)c(C)n1. The van der Waals surface area contributed by atoms with E-state index in [0.29, 0.717) is 11.6 Å². The number of nitrogens with zero attached hydrogens (tertiary/aromatic N) is 2. The second-order valence-corrected chi connectivity index (χ2v) is 3.63. The van der Waals surface area contributed by atoms with Gasteiger partial charge in [-0.1, -0.05) is 18.5 Å². The fourth-order valence-electron chi connectivity index (χ4n) is 1.29. The fraction of sp³-hybridized carbons (Fsp3) is 0.667. The maximum absolute atomic E-state index is 9.06. The minimum Gasteiger partial charge on any atom is -0.395 e. The molecule has 0 spiro atoms. The number of halogens is 1. The van der Waals surface area contributed by atoms with Gasteiger partial charge in [0.1, 0.15) is 0 Å². The molecule has 5 heteroatoms. The Balaban J connectivity index is 2.57. The molecule has 0 aliphatic carbocycles. The van der Waals surface area contributed by atoms with Crippen LogP contribution in [0.15, 0.2) is 6.20 Å². The summed E-state index contributed by atoms with van der Waals surface area (Å²) >= 11 is 5.87. The zero-order chi connectivity index (χ0) is 10.6. The Kier molecular flexibility index (Phi) is 4.38. The van der Waals surface area contributed by atoms with Crippen LogP contribution in [0.1, 0.15) is 12.6 Å². The summed E-state index contributed by atoms with van der Waals surface area (Å²) < 4.78 is 1.75. The molecule has 1 unspecified atom stereocenters. The molecule has 0 aromatic carbocycles. The standard InChI is InChI=1S/C9H16ClN3O/c1-3-11-8(6-14)4-13-5-9(10)7(2)12-13/h5,8,11,14H,3-4,6H2,1-2H3. The van der Waals surface area contributed by atoms with Crippen LogP contribution in [0.5, 0.6) is 0 Å². The van der Waals surface area contributed by atoms with Crippen LogP contribution in [0.4, 0.5) is 0 Å². The smallest absolute Gasteiger partial charge is 0.0814 e. The van der Waals surface area contributed by atoms with Crippen LogP contribution in [0.25, 0.3) is 0 Å². The first kappa shape index (κ1) is 11.5. The van der Waals surface area contributed by atoms with Crippen LogP contribution in [-0.2, 0) is 6.54 Å². The third-order valence-corrected chi connectivity index (χ3v) is 2.38. The molecule has 1 aromatic heterocycles. The number of hydrogen-bond donors (Lipinski definition) is 2. The van der Waals surface area contributed by atoms with E-state index in [-0.39, 0.29) is 12.6 Å².